The molecule has 154 valence electrons. The maximum Gasteiger partial charge on any atom is 0.227 e. The van der Waals surface area contributed by atoms with Gasteiger partial charge in [0.05, 0.1) is 17.5 Å². The summed E-state index contributed by atoms with van der Waals surface area (Å²) in [5, 5.41) is 5.25. The molecule has 3 heterocycles. The minimum atomic E-state index is 0. The molecule has 2 saturated carbocycles. The van der Waals surface area contributed by atoms with E-state index in [9.17, 15) is 4.79 Å². The minimum absolute atomic E-state index is 0. The normalized spacial score (nSPS) is 28.9. The Morgan fingerprint density at radius 2 is 1.82 bits per heavy atom. The van der Waals surface area contributed by atoms with Crippen molar-refractivity contribution < 1.29 is 4.79 Å². The number of nitrogens with two attached hydrogens (primary N) is 1. The van der Waals surface area contributed by atoms with Crippen LogP contribution in [0.5, 0.6) is 0 Å². The summed E-state index contributed by atoms with van der Waals surface area (Å²) in [6.45, 7) is 3.02. The number of hydrogen-bond donors (Lipinski definition) is 1. The Bertz CT molecular complexity index is 850. The molecule has 1 saturated heterocycles. The summed E-state index contributed by atoms with van der Waals surface area (Å²) in [6.07, 6.45) is 6.94. The topological polar surface area (TPSA) is 93.2 Å². The van der Waals surface area contributed by atoms with Crippen molar-refractivity contribution in [1.29, 1.82) is 0 Å². The highest BCUT2D eigenvalue weighted by Crippen LogP contribution is 2.48. The highest BCUT2D eigenvalue weighted by molar-refractivity contribution is 5.87. The van der Waals surface area contributed by atoms with Crippen molar-refractivity contribution in [1.82, 2.24) is 24.6 Å². The number of hydrogen-bond acceptors (Lipinski definition) is 6. The van der Waals surface area contributed by atoms with Crippen LogP contribution in [0.4, 0.5) is 5.82 Å². The van der Waals surface area contributed by atoms with Gasteiger partial charge in [0.15, 0.2) is 5.65 Å². The summed E-state index contributed by atoms with van der Waals surface area (Å²) in [4.78, 5) is 26.1. The minimum Gasteiger partial charge on any atom is -0.352 e. The molecule has 10 heteroatoms. The van der Waals surface area contributed by atoms with Gasteiger partial charge < -0.3 is 15.5 Å². The zero-order valence-electron chi connectivity index (χ0n) is 15.9. The molecule has 2 aromatic rings. The van der Waals surface area contributed by atoms with Crippen molar-refractivity contribution in [3.05, 3.63) is 12.5 Å². The van der Waals surface area contributed by atoms with E-state index in [4.69, 9.17) is 5.73 Å². The monoisotopic (exact) mass is 427 g/mol. The molecule has 1 amide bonds. The van der Waals surface area contributed by atoms with Gasteiger partial charge in [-0.25, -0.2) is 9.97 Å². The van der Waals surface area contributed by atoms with Gasteiger partial charge in [-0.2, -0.15) is 5.10 Å². The van der Waals surface area contributed by atoms with E-state index in [1.54, 1.807) is 11.0 Å². The lowest BCUT2D eigenvalue weighted by molar-refractivity contribution is -0.138. The van der Waals surface area contributed by atoms with Crippen molar-refractivity contribution in [2.24, 2.45) is 30.5 Å². The first-order chi connectivity index (χ1) is 12.6. The number of halogens is 2. The van der Waals surface area contributed by atoms with Gasteiger partial charge in [0.1, 0.15) is 12.1 Å². The Morgan fingerprint density at radius 3 is 2.50 bits per heavy atom. The van der Waals surface area contributed by atoms with Crippen molar-refractivity contribution in [3.8, 4) is 0 Å². The fraction of sp³-hybridized carbons (Fsp3) is 0.667. The van der Waals surface area contributed by atoms with Gasteiger partial charge in [0.2, 0.25) is 5.91 Å². The smallest absolute Gasteiger partial charge is 0.227 e. The molecule has 0 aromatic carbocycles. The molecule has 0 spiro atoms. The molecule has 0 radical (unpaired) electrons. The van der Waals surface area contributed by atoms with Gasteiger partial charge in [-0.15, -0.1) is 24.8 Å². The summed E-state index contributed by atoms with van der Waals surface area (Å²) in [6, 6.07) is 0.0659. The molecule has 2 aromatic heterocycles. The molecular weight excluding hydrogens is 401 g/mol. The fourth-order valence-electron chi connectivity index (χ4n) is 5.25. The van der Waals surface area contributed by atoms with Crippen LogP contribution in [-0.2, 0) is 11.8 Å². The molecule has 2 aliphatic carbocycles. The predicted molar refractivity (Wildman–Crippen MR) is 112 cm³/mol. The zero-order chi connectivity index (χ0) is 17.8. The van der Waals surface area contributed by atoms with Crippen LogP contribution in [0.25, 0.3) is 11.0 Å². The van der Waals surface area contributed by atoms with E-state index in [0.717, 1.165) is 49.5 Å². The van der Waals surface area contributed by atoms with Gasteiger partial charge in [-0.3, -0.25) is 9.48 Å². The van der Waals surface area contributed by atoms with E-state index in [1.165, 1.54) is 12.8 Å². The second-order valence-electron chi connectivity index (χ2n) is 7.95. The lowest BCUT2D eigenvalue weighted by Crippen LogP contribution is -2.54. The average molecular weight is 428 g/mol. The maximum atomic E-state index is 13.0. The molecule has 3 aliphatic rings. The second-order valence-corrected chi connectivity index (χ2v) is 7.95. The van der Waals surface area contributed by atoms with E-state index >= 15 is 0 Å². The van der Waals surface area contributed by atoms with Crippen LogP contribution in [0.2, 0.25) is 0 Å². The van der Waals surface area contributed by atoms with Crippen LogP contribution in [0, 0.1) is 17.8 Å². The van der Waals surface area contributed by atoms with Crippen molar-refractivity contribution in [3.63, 3.8) is 0 Å². The lowest BCUT2D eigenvalue weighted by atomic mass is 9.84. The molecule has 28 heavy (non-hydrogen) atoms. The number of nitrogens with zero attached hydrogens (tertiary/aromatic N) is 6. The van der Waals surface area contributed by atoms with E-state index < -0.39 is 0 Å². The Balaban J connectivity index is 0.00000112. The SMILES string of the molecule is Cl.Cl.Cn1ncc2c(N3CCN(C(=O)C4C5CCC(C5)C4N)CC3)ncnc21. The standard InChI is InChI=1S/C18H25N7O.2ClH/c1-23-16-13(9-22-23)17(21-10-20-16)24-4-6-25(7-5-24)18(26)14-11-2-3-12(8-11)15(14)19;;/h9-12,14-15H,2-8,19H2,1H3;2*1H. The molecule has 1 aliphatic heterocycles. The van der Waals surface area contributed by atoms with Crippen LogP contribution < -0.4 is 10.6 Å². The summed E-state index contributed by atoms with van der Waals surface area (Å²) < 4.78 is 1.76. The number of piperazine rings is 1. The number of rotatable bonds is 2. The Morgan fingerprint density at radius 1 is 1.11 bits per heavy atom. The number of carbonyl (C=O) groups excluding carboxylic acids is 1. The molecule has 3 fully saturated rings. The lowest BCUT2D eigenvalue weighted by Gasteiger charge is -2.39. The first kappa shape index (κ1) is 21.1. The molecular formula is C18H27Cl2N7O. The van der Waals surface area contributed by atoms with Gasteiger partial charge in [-0.05, 0) is 31.1 Å². The van der Waals surface area contributed by atoms with Crippen molar-refractivity contribution in [2.75, 3.05) is 31.1 Å². The second kappa shape index (κ2) is 8.00. The van der Waals surface area contributed by atoms with Gasteiger partial charge >= 0.3 is 0 Å². The van der Waals surface area contributed by atoms with E-state index in [1.807, 2.05) is 18.1 Å². The number of aromatic nitrogens is 4. The van der Waals surface area contributed by atoms with Crippen LogP contribution in [-0.4, -0.2) is 62.8 Å². The van der Waals surface area contributed by atoms with Crippen LogP contribution in [0.1, 0.15) is 19.3 Å². The van der Waals surface area contributed by atoms with Gasteiger partial charge in [-0.1, -0.05) is 0 Å². The Hall–Kier alpha value is -1.64. The maximum absolute atomic E-state index is 13.0. The van der Waals surface area contributed by atoms with Crippen LogP contribution >= 0.6 is 24.8 Å². The predicted octanol–water partition coefficient (Wildman–Crippen LogP) is 1.23. The number of aryl methyl sites for hydroxylation is 1. The fourth-order valence-corrected chi connectivity index (χ4v) is 5.25. The number of fused-ring (bicyclic) bond motifs is 3. The highest BCUT2D eigenvalue weighted by Gasteiger charge is 2.50. The third-order valence-corrected chi connectivity index (χ3v) is 6.67. The molecule has 5 rings (SSSR count). The number of amides is 1. The van der Waals surface area contributed by atoms with Crippen LogP contribution in [0.3, 0.4) is 0 Å². The zero-order valence-corrected chi connectivity index (χ0v) is 17.5. The molecule has 4 unspecified atom stereocenters. The first-order valence-corrected chi connectivity index (χ1v) is 9.55. The Kier molecular flexibility index (Phi) is 6.03. The number of anilines is 1. The quantitative estimate of drug-likeness (QED) is 0.774. The number of carbonyl (C=O) groups is 1. The summed E-state index contributed by atoms with van der Waals surface area (Å²) in [5.41, 5.74) is 7.21. The van der Waals surface area contributed by atoms with Crippen molar-refractivity contribution in [2.45, 2.75) is 25.3 Å². The van der Waals surface area contributed by atoms with E-state index in [0.29, 0.717) is 11.8 Å². The third kappa shape index (κ3) is 3.21. The van der Waals surface area contributed by atoms with Gasteiger partial charge in [0, 0.05) is 39.3 Å². The first-order valence-electron chi connectivity index (χ1n) is 9.55. The highest BCUT2D eigenvalue weighted by atomic mass is 35.5. The molecule has 8 nitrogen and oxygen atoms in total. The average Bonchev–Trinajstić information content (AvgIpc) is 3.36. The van der Waals surface area contributed by atoms with E-state index in [2.05, 4.69) is 20.0 Å². The van der Waals surface area contributed by atoms with Crippen LogP contribution in [0.15, 0.2) is 12.5 Å². The summed E-state index contributed by atoms with van der Waals surface area (Å²) >= 11 is 0. The molecule has 2 bridgehead atoms. The van der Waals surface area contributed by atoms with E-state index in [-0.39, 0.29) is 42.7 Å². The summed E-state index contributed by atoms with van der Waals surface area (Å²) in [5.74, 6) is 2.31. The van der Waals surface area contributed by atoms with Crippen molar-refractivity contribution >= 4 is 47.6 Å². The third-order valence-electron chi connectivity index (χ3n) is 6.67. The Labute approximate surface area is 176 Å². The largest absolute Gasteiger partial charge is 0.352 e. The summed E-state index contributed by atoms with van der Waals surface area (Å²) in [7, 11) is 1.88. The van der Waals surface area contributed by atoms with Gasteiger partial charge in [0.25, 0.3) is 0 Å². The molecule has 2 N–H and O–H groups in total. The molecule has 4 atom stereocenters.